The molecule has 1 N–H and O–H groups in total. The first-order valence-electron chi connectivity index (χ1n) is 9.40. The maximum Gasteiger partial charge on any atom is 0.250 e. The Kier molecular flexibility index (Phi) is 8.96. The number of nitrogens with one attached hydrogen (secondary N) is 1. The predicted octanol–water partition coefficient (Wildman–Crippen LogP) is 6.07. The molecule has 3 aromatic carbocycles. The van der Waals surface area contributed by atoms with Crippen molar-refractivity contribution in [2.75, 3.05) is 12.9 Å². The summed E-state index contributed by atoms with van der Waals surface area (Å²) < 4.78 is 25.6. The zero-order chi connectivity index (χ0) is 22.9. The van der Waals surface area contributed by atoms with Gasteiger partial charge in [-0.1, -0.05) is 29.8 Å². The fourth-order valence-corrected chi connectivity index (χ4v) is 3.82. The van der Waals surface area contributed by atoms with E-state index >= 15 is 0 Å². The molecule has 0 saturated carbocycles. The van der Waals surface area contributed by atoms with E-state index in [2.05, 4.69) is 26.5 Å². The molecule has 0 saturated heterocycles. The third kappa shape index (κ3) is 6.98. The number of carbonyl (C=O) groups excluding carboxylic acids is 1. The van der Waals surface area contributed by atoms with Gasteiger partial charge in [0, 0.05) is 25.5 Å². The maximum atomic E-state index is 13.8. The minimum atomic E-state index is -0.334. The number of hydrogen-bond donors (Lipinski definition) is 1. The van der Waals surface area contributed by atoms with Gasteiger partial charge in [0.2, 0.25) is 5.91 Å². The van der Waals surface area contributed by atoms with Crippen LogP contribution in [-0.2, 0) is 11.4 Å². The van der Waals surface area contributed by atoms with Crippen LogP contribution in [0.3, 0.4) is 0 Å². The highest BCUT2D eigenvalue weighted by molar-refractivity contribution is 9.10. The van der Waals surface area contributed by atoms with Gasteiger partial charge in [-0.3, -0.25) is 4.79 Å². The van der Waals surface area contributed by atoms with Crippen molar-refractivity contribution < 1.29 is 18.7 Å². The third-order valence-electron chi connectivity index (χ3n) is 4.20. The number of amides is 1. The van der Waals surface area contributed by atoms with Crippen LogP contribution >= 0.6 is 39.3 Å². The van der Waals surface area contributed by atoms with E-state index in [0.29, 0.717) is 32.1 Å². The van der Waals surface area contributed by atoms with Crippen LogP contribution < -0.4 is 14.9 Å². The molecule has 0 heterocycles. The first-order chi connectivity index (χ1) is 15.5. The molecule has 0 fully saturated rings. The van der Waals surface area contributed by atoms with Crippen LogP contribution in [0.1, 0.15) is 11.1 Å². The van der Waals surface area contributed by atoms with Crippen molar-refractivity contribution in [1.82, 2.24) is 5.43 Å². The Morgan fingerprint density at radius 3 is 2.66 bits per heavy atom. The number of rotatable bonds is 9. The largest absolute Gasteiger partial charge is 0.493 e. The molecule has 0 aromatic heterocycles. The minimum absolute atomic E-state index is 0.0598. The number of hydrogen-bond acceptors (Lipinski definition) is 5. The first-order valence-corrected chi connectivity index (χ1v) is 11.6. The van der Waals surface area contributed by atoms with E-state index in [1.807, 2.05) is 12.1 Å². The molecule has 9 heteroatoms. The molecule has 0 bridgehead atoms. The molecule has 0 aliphatic heterocycles. The summed E-state index contributed by atoms with van der Waals surface area (Å²) in [6, 6.07) is 17.1. The van der Waals surface area contributed by atoms with Crippen LogP contribution in [0.15, 0.2) is 75.1 Å². The number of benzene rings is 3. The molecule has 32 heavy (non-hydrogen) atoms. The summed E-state index contributed by atoms with van der Waals surface area (Å²) in [7, 11) is 1.51. The van der Waals surface area contributed by atoms with Gasteiger partial charge in [-0.05, 0) is 58.4 Å². The lowest BCUT2D eigenvalue weighted by Crippen LogP contribution is -2.19. The van der Waals surface area contributed by atoms with Gasteiger partial charge in [-0.25, -0.2) is 9.82 Å². The number of hydrazone groups is 1. The Bertz CT molecular complexity index is 1110. The second-order valence-electron chi connectivity index (χ2n) is 6.44. The van der Waals surface area contributed by atoms with Crippen molar-refractivity contribution in [3.8, 4) is 11.5 Å². The summed E-state index contributed by atoms with van der Waals surface area (Å²) >= 11 is 10.7. The van der Waals surface area contributed by atoms with Crippen molar-refractivity contribution in [3.05, 3.63) is 87.1 Å². The van der Waals surface area contributed by atoms with E-state index in [-0.39, 0.29) is 24.1 Å². The Morgan fingerprint density at radius 1 is 1.19 bits per heavy atom. The summed E-state index contributed by atoms with van der Waals surface area (Å²) in [6.07, 6.45) is 1.50. The second kappa shape index (κ2) is 11.9. The third-order valence-corrected chi connectivity index (χ3v) is 6.15. The monoisotopic (exact) mass is 536 g/mol. The molecule has 0 unspecified atom stereocenters. The minimum Gasteiger partial charge on any atom is -0.493 e. The number of ether oxygens (including phenoxy) is 2. The molecular formula is C23H19BrClFN2O3S. The van der Waals surface area contributed by atoms with E-state index < -0.39 is 0 Å². The molecule has 0 aliphatic rings. The van der Waals surface area contributed by atoms with Crippen molar-refractivity contribution >= 4 is 51.4 Å². The lowest BCUT2D eigenvalue weighted by Gasteiger charge is -2.13. The molecular weight excluding hydrogens is 519 g/mol. The van der Waals surface area contributed by atoms with Gasteiger partial charge in [-0.2, -0.15) is 5.10 Å². The smallest absolute Gasteiger partial charge is 0.250 e. The molecule has 0 radical (unpaired) electrons. The molecule has 3 rings (SSSR count). The van der Waals surface area contributed by atoms with Crippen molar-refractivity contribution in [2.45, 2.75) is 11.5 Å². The van der Waals surface area contributed by atoms with Crippen LogP contribution in [0.4, 0.5) is 4.39 Å². The Balaban J connectivity index is 1.58. The van der Waals surface area contributed by atoms with Crippen LogP contribution in [0, 0.1) is 5.82 Å². The molecule has 0 aliphatic carbocycles. The topological polar surface area (TPSA) is 59.9 Å². The SMILES string of the molecule is COc1cc(/C=N\NC(=O)CSc2ccc(Cl)cc2)c(Br)cc1OCc1ccccc1F. The lowest BCUT2D eigenvalue weighted by molar-refractivity contribution is -0.118. The molecule has 166 valence electrons. The van der Waals surface area contributed by atoms with Crippen LogP contribution in [0.5, 0.6) is 11.5 Å². The van der Waals surface area contributed by atoms with Crippen molar-refractivity contribution in [2.24, 2.45) is 5.10 Å². The van der Waals surface area contributed by atoms with E-state index in [1.54, 1.807) is 42.5 Å². The van der Waals surface area contributed by atoms with Gasteiger partial charge >= 0.3 is 0 Å². The lowest BCUT2D eigenvalue weighted by atomic mass is 10.2. The standard InChI is InChI=1S/C23H19BrClFN2O3S/c1-30-21-10-16(12-27-28-23(29)14-32-18-8-6-17(25)7-9-18)19(24)11-22(21)31-13-15-4-2-3-5-20(15)26/h2-12H,13-14H2,1H3,(H,28,29)/b27-12-. The highest BCUT2D eigenvalue weighted by atomic mass is 79.9. The highest BCUT2D eigenvalue weighted by Gasteiger charge is 2.11. The summed E-state index contributed by atoms with van der Waals surface area (Å²) in [6.45, 7) is 0.0598. The number of carbonyl (C=O) groups is 1. The van der Waals surface area contributed by atoms with Crippen LogP contribution in [0.2, 0.25) is 5.02 Å². The number of thioether (sulfide) groups is 1. The first kappa shape index (κ1) is 24.1. The van der Waals surface area contributed by atoms with Gasteiger partial charge in [0.15, 0.2) is 11.5 Å². The zero-order valence-electron chi connectivity index (χ0n) is 17.0. The second-order valence-corrected chi connectivity index (χ2v) is 8.78. The Morgan fingerprint density at radius 2 is 1.94 bits per heavy atom. The number of methoxy groups -OCH3 is 1. The van der Waals surface area contributed by atoms with Gasteiger partial charge in [0.1, 0.15) is 12.4 Å². The molecule has 1 amide bonds. The Hall–Kier alpha value is -2.55. The number of halogens is 3. The maximum absolute atomic E-state index is 13.8. The summed E-state index contributed by atoms with van der Waals surface area (Å²) in [5.41, 5.74) is 3.61. The van der Waals surface area contributed by atoms with E-state index in [9.17, 15) is 9.18 Å². The number of nitrogens with zero attached hydrogens (tertiary/aromatic N) is 1. The summed E-state index contributed by atoms with van der Waals surface area (Å²) in [5.74, 6) is 0.541. The molecule has 5 nitrogen and oxygen atoms in total. The van der Waals surface area contributed by atoms with Crippen LogP contribution in [0.25, 0.3) is 0 Å². The zero-order valence-corrected chi connectivity index (χ0v) is 20.1. The van der Waals surface area contributed by atoms with E-state index in [1.165, 1.54) is 31.2 Å². The van der Waals surface area contributed by atoms with Gasteiger partial charge < -0.3 is 9.47 Å². The Labute approximate surface area is 203 Å². The molecule has 0 spiro atoms. The average Bonchev–Trinajstić information content (AvgIpc) is 2.79. The van der Waals surface area contributed by atoms with Gasteiger partial charge in [0.25, 0.3) is 0 Å². The van der Waals surface area contributed by atoms with E-state index in [4.69, 9.17) is 21.1 Å². The summed E-state index contributed by atoms with van der Waals surface area (Å²) in [4.78, 5) is 13.0. The predicted molar refractivity (Wildman–Crippen MR) is 129 cm³/mol. The van der Waals surface area contributed by atoms with Crippen LogP contribution in [-0.4, -0.2) is 25.0 Å². The van der Waals surface area contributed by atoms with Crippen molar-refractivity contribution in [3.63, 3.8) is 0 Å². The quantitative estimate of drug-likeness (QED) is 0.204. The van der Waals surface area contributed by atoms with E-state index in [0.717, 1.165) is 4.90 Å². The fraction of sp³-hybridized carbons (Fsp3) is 0.130. The molecule has 0 atom stereocenters. The average molecular weight is 538 g/mol. The van der Waals surface area contributed by atoms with Gasteiger partial charge in [0.05, 0.1) is 19.1 Å². The molecule has 3 aromatic rings. The summed E-state index contributed by atoms with van der Waals surface area (Å²) in [5, 5.41) is 4.65. The normalized spacial score (nSPS) is 10.9. The fourth-order valence-electron chi connectivity index (χ4n) is 2.58. The van der Waals surface area contributed by atoms with Gasteiger partial charge in [-0.15, -0.1) is 11.8 Å². The highest BCUT2D eigenvalue weighted by Crippen LogP contribution is 2.33. The van der Waals surface area contributed by atoms with Crippen molar-refractivity contribution in [1.29, 1.82) is 0 Å².